The van der Waals surface area contributed by atoms with Gasteiger partial charge in [0.2, 0.25) is 0 Å². The van der Waals surface area contributed by atoms with Crippen molar-refractivity contribution in [1.82, 2.24) is 9.88 Å². The van der Waals surface area contributed by atoms with Gasteiger partial charge >= 0.3 is 0 Å². The summed E-state index contributed by atoms with van der Waals surface area (Å²) in [5.74, 6) is 0.234. The van der Waals surface area contributed by atoms with Gasteiger partial charge in [-0.3, -0.25) is 0 Å². The third kappa shape index (κ3) is 3.62. The second-order valence-electron chi connectivity index (χ2n) is 4.60. The normalized spacial score (nSPS) is 12.9. The number of thiazole rings is 1. The molecule has 0 aliphatic heterocycles. The lowest BCUT2D eigenvalue weighted by atomic mass is 10.1. The van der Waals surface area contributed by atoms with Crippen LogP contribution in [-0.4, -0.2) is 23.5 Å². The molecular weight excluding hydrogens is 247 g/mol. The van der Waals surface area contributed by atoms with Crippen LogP contribution in [0.5, 0.6) is 0 Å². The zero-order valence-corrected chi connectivity index (χ0v) is 11.5. The van der Waals surface area contributed by atoms with E-state index in [9.17, 15) is 4.39 Å². The van der Waals surface area contributed by atoms with Gasteiger partial charge in [0.25, 0.3) is 0 Å². The van der Waals surface area contributed by atoms with E-state index >= 15 is 0 Å². The molecule has 0 spiro atoms. The molecule has 18 heavy (non-hydrogen) atoms. The maximum Gasteiger partial charge on any atom is 0.123 e. The molecule has 2 rings (SSSR count). The van der Waals surface area contributed by atoms with E-state index in [0.29, 0.717) is 5.92 Å². The molecule has 0 aliphatic rings. The van der Waals surface area contributed by atoms with Crippen LogP contribution in [0.25, 0.3) is 0 Å². The van der Waals surface area contributed by atoms with Gasteiger partial charge in [-0.1, -0.05) is 19.1 Å². The van der Waals surface area contributed by atoms with E-state index in [2.05, 4.69) is 23.9 Å². The van der Waals surface area contributed by atoms with E-state index in [4.69, 9.17) is 0 Å². The fourth-order valence-corrected chi connectivity index (χ4v) is 2.72. The number of likely N-dealkylation sites (N-methyl/N-ethyl adjacent to an activating group) is 1. The number of benzene rings is 1. The molecular formula is C14H17FN2S. The summed E-state index contributed by atoms with van der Waals surface area (Å²) in [7, 11) is 2.05. The molecule has 1 aromatic carbocycles. The first kappa shape index (κ1) is 13.2. The molecule has 0 bridgehead atoms. The number of halogens is 1. The molecule has 0 saturated heterocycles. The van der Waals surface area contributed by atoms with Gasteiger partial charge in [0.05, 0.1) is 5.01 Å². The molecule has 1 aromatic heterocycles. The Kier molecular flexibility index (Phi) is 4.44. The number of hydrogen-bond acceptors (Lipinski definition) is 3. The predicted octanol–water partition coefficient (Wildman–Crippen LogP) is 3.52. The summed E-state index contributed by atoms with van der Waals surface area (Å²) in [5.41, 5.74) is 1.00. The highest BCUT2D eigenvalue weighted by Gasteiger charge is 2.11. The van der Waals surface area contributed by atoms with Crippen molar-refractivity contribution in [2.45, 2.75) is 19.4 Å². The fraction of sp³-hybridized carbons (Fsp3) is 0.357. The van der Waals surface area contributed by atoms with Crippen molar-refractivity contribution in [2.24, 2.45) is 0 Å². The Hall–Kier alpha value is -1.26. The monoisotopic (exact) mass is 264 g/mol. The molecule has 0 aliphatic carbocycles. The number of hydrogen-bond donors (Lipinski definition) is 0. The van der Waals surface area contributed by atoms with Crippen molar-refractivity contribution in [1.29, 1.82) is 0 Å². The van der Waals surface area contributed by atoms with Crippen LogP contribution in [0.1, 0.15) is 23.4 Å². The van der Waals surface area contributed by atoms with Crippen molar-refractivity contribution in [2.75, 3.05) is 13.6 Å². The van der Waals surface area contributed by atoms with Gasteiger partial charge < -0.3 is 4.90 Å². The van der Waals surface area contributed by atoms with Crippen LogP contribution >= 0.6 is 11.3 Å². The molecule has 1 atom stereocenters. The van der Waals surface area contributed by atoms with Gasteiger partial charge in [0.15, 0.2) is 0 Å². The van der Waals surface area contributed by atoms with Crippen molar-refractivity contribution in [3.63, 3.8) is 0 Å². The van der Waals surface area contributed by atoms with E-state index in [-0.39, 0.29) is 5.82 Å². The molecule has 0 fully saturated rings. The second kappa shape index (κ2) is 6.07. The van der Waals surface area contributed by atoms with Crippen molar-refractivity contribution < 1.29 is 4.39 Å². The molecule has 1 heterocycles. The molecule has 96 valence electrons. The zero-order chi connectivity index (χ0) is 13.0. The van der Waals surface area contributed by atoms with Crippen LogP contribution in [-0.2, 0) is 6.54 Å². The third-order valence-electron chi connectivity index (χ3n) is 2.80. The second-order valence-corrected chi connectivity index (χ2v) is 5.52. The smallest absolute Gasteiger partial charge is 0.123 e. The van der Waals surface area contributed by atoms with Crippen molar-refractivity contribution in [3.8, 4) is 0 Å². The Balaban J connectivity index is 1.91. The summed E-state index contributed by atoms with van der Waals surface area (Å²) in [6.45, 7) is 3.85. The Morgan fingerprint density at radius 2 is 2.28 bits per heavy atom. The largest absolute Gasteiger partial charge is 0.301 e. The average molecular weight is 264 g/mol. The van der Waals surface area contributed by atoms with Crippen LogP contribution < -0.4 is 0 Å². The summed E-state index contributed by atoms with van der Waals surface area (Å²) in [6, 6.07) is 6.77. The molecule has 0 N–H and O–H groups in total. The molecule has 2 nitrogen and oxygen atoms in total. The topological polar surface area (TPSA) is 16.1 Å². The Labute approximate surface area is 111 Å². The number of aromatic nitrogens is 1. The van der Waals surface area contributed by atoms with Gasteiger partial charge in [-0.2, -0.15) is 0 Å². The molecule has 0 radical (unpaired) electrons. The van der Waals surface area contributed by atoms with Crippen LogP contribution in [0.15, 0.2) is 35.8 Å². The van der Waals surface area contributed by atoms with Gasteiger partial charge in [-0.25, -0.2) is 9.37 Å². The van der Waals surface area contributed by atoms with Crippen LogP contribution in [0.3, 0.4) is 0 Å². The lowest BCUT2D eigenvalue weighted by molar-refractivity contribution is 0.309. The van der Waals surface area contributed by atoms with Gasteiger partial charge in [0, 0.05) is 30.6 Å². The molecule has 2 aromatic rings. The highest BCUT2D eigenvalue weighted by Crippen LogP contribution is 2.19. The number of rotatable bonds is 5. The van der Waals surface area contributed by atoms with Crippen LogP contribution in [0, 0.1) is 5.82 Å². The Morgan fingerprint density at radius 1 is 1.44 bits per heavy atom. The first-order valence-corrected chi connectivity index (χ1v) is 6.85. The van der Waals surface area contributed by atoms with E-state index < -0.39 is 0 Å². The first-order chi connectivity index (χ1) is 8.65. The Morgan fingerprint density at radius 3 is 2.94 bits per heavy atom. The van der Waals surface area contributed by atoms with Crippen LogP contribution in [0.4, 0.5) is 4.39 Å². The minimum atomic E-state index is -0.172. The minimum absolute atomic E-state index is 0.172. The molecule has 0 unspecified atom stereocenters. The molecule has 0 amide bonds. The van der Waals surface area contributed by atoms with Crippen molar-refractivity contribution in [3.05, 3.63) is 52.2 Å². The minimum Gasteiger partial charge on any atom is -0.301 e. The summed E-state index contributed by atoms with van der Waals surface area (Å²) >= 11 is 1.68. The van der Waals surface area contributed by atoms with E-state index in [1.807, 2.05) is 17.6 Å². The van der Waals surface area contributed by atoms with E-state index in [0.717, 1.165) is 23.7 Å². The van der Waals surface area contributed by atoms with E-state index in [1.165, 1.54) is 6.07 Å². The number of nitrogens with zero attached hydrogens (tertiary/aromatic N) is 2. The van der Waals surface area contributed by atoms with Gasteiger partial charge in [-0.15, -0.1) is 11.3 Å². The summed E-state index contributed by atoms with van der Waals surface area (Å²) in [5, 5.41) is 3.15. The maximum absolute atomic E-state index is 13.1. The quantitative estimate of drug-likeness (QED) is 0.821. The summed E-state index contributed by atoms with van der Waals surface area (Å²) in [4.78, 5) is 6.52. The Bertz CT molecular complexity index is 484. The zero-order valence-electron chi connectivity index (χ0n) is 10.6. The predicted molar refractivity (Wildman–Crippen MR) is 73.3 cm³/mol. The standard InChI is InChI=1S/C14H17FN2S/c1-11(14-16-6-7-18-14)9-17(2)10-12-4-3-5-13(15)8-12/h3-8,11H,9-10H2,1-2H3/t11-/m1/s1. The average Bonchev–Trinajstić information content (AvgIpc) is 2.81. The van der Waals surface area contributed by atoms with E-state index in [1.54, 1.807) is 23.5 Å². The first-order valence-electron chi connectivity index (χ1n) is 5.97. The van der Waals surface area contributed by atoms with Gasteiger partial charge in [0.1, 0.15) is 5.82 Å². The molecule has 0 saturated carbocycles. The van der Waals surface area contributed by atoms with Crippen molar-refractivity contribution >= 4 is 11.3 Å². The lowest BCUT2D eigenvalue weighted by Gasteiger charge is -2.20. The summed E-state index contributed by atoms with van der Waals surface area (Å²) < 4.78 is 13.1. The van der Waals surface area contributed by atoms with Gasteiger partial charge in [-0.05, 0) is 24.7 Å². The fourth-order valence-electron chi connectivity index (χ4n) is 2.04. The molecule has 4 heteroatoms. The highest BCUT2D eigenvalue weighted by atomic mass is 32.1. The van der Waals surface area contributed by atoms with Crippen LogP contribution in [0.2, 0.25) is 0 Å². The maximum atomic E-state index is 13.1. The lowest BCUT2D eigenvalue weighted by Crippen LogP contribution is -2.23. The SMILES string of the molecule is C[C@H](CN(C)Cc1cccc(F)c1)c1nccs1. The third-order valence-corrected chi connectivity index (χ3v) is 3.81. The summed E-state index contributed by atoms with van der Waals surface area (Å²) in [6.07, 6.45) is 1.84. The highest BCUT2D eigenvalue weighted by molar-refractivity contribution is 7.09.